The van der Waals surface area contributed by atoms with Gasteiger partial charge in [-0.2, -0.15) is 0 Å². The van der Waals surface area contributed by atoms with Crippen LogP contribution in [0, 0.1) is 5.92 Å². The van der Waals surface area contributed by atoms with Crippen LogP contribution in [-0.2, 0) is 10.2 Å². The van der Waals surface area contributed by atoms with Crippen molar-refractivity contribution in [3.63, 3.8) is 0 Å². The number of Topliss-reactive ketones (excluding diaryl/α,β-unsaturated/α-hetero) is 1. The summed E-state index contributed by atoms with van der Waals surface area (Å²) >= 11 is 0. The van der Waals surface area contributed by atoms with Gasteiger partial charge in [0.25, 0.3) is 0 Å². The third kappa shape index (κ3) is 1.16. The van der Waals surface area contributed by atoms with Crippen molar-refractivity contribution in [2.24, 2.45) is 5.92 Å². The molecule has 1 fully saturated rings. The Hall–Kier alpha value is -1.77. The summed E-state index contributed by atoms with van der Waals surface area (Å²) in [4.78, 5) is 12.2. The summed E-state index contributed by atoms with van der Waals surface area (Å²) in [7, 11) is 1.66. The summed E-state index contributed by atoms with van der Waals surface area (Å²) in [6.45, 7) is 2.16. The lowest BCUT2D eigenvalue weighted by Crippen LogP contribution is -2.49. The van der Waals surface area contributed by atoms with Crippen LogP contribution in [0.25, 0.3) is 6.08 Å². The van der Waals surface area contributed by atoms with Gasteiger partial charge in [-0.05, 0) is 18.1 Å². The van der Waals surface area contributed by atoms with Crippen molar-refractivity contribution >= 4 is 11.9 Å². The highest BCUT2D eigenvalue weighted by Crippen LogP contribution is 2.58. The average molecular weight is 256 g/mol. The van der Waals surface area contributed by atoms with E-state index in [0.29, 0.717) is 12.2 Å². The van der Waals surface area contributed by atoms with Gasteiger partial charge in [-0.3, -0.25) is 4.79 Å². The van der Waals surface area contributed by atoms with Crippen LogP contribution in [0.3, 0.4) is 0 Å². The van der Waals surface area contributed by atoms with Gasteiger partial charge in [0.2, 0.25) is 0 Å². The van der Waals surface area contributed by atoms with Gasteiger partial charge in [0.05, 0.1) is 7.11 Å². The Morgan fingerprint density at radius 1 is 1.42 bits per heavy atom. The summed E-state index contributed by atoms with van der Waals surface area (Å²) in [5, 5.41) is 0. The molecule has 1 aromatic carbocycles. The second-order valence-corrected chi connectivity index (χ2v) is 5.79. The topological polar surface area (TPSA) is 35.5 Å². The van der Waals surface area contributed by atoms with Crippen LogP contribution in [0.5, 0.6) is 11.5 Å². The molecular formula is C16H16O3. The first-order valence-electron chi connectivity index (χ1n) is 6.75. The zero-order valence-electron chi connectivity index (χ0n) is 11.1. The maximum atomic E-state index is 12.2. The number of hydrogen-bond acceptors (Lipinski definition) is 3. The Kier molecular flexibility index (Phi) is 1.99. The van der Waals surface area contributed by atoms with Crippen LogP contribution in [0.2, 0.25) is 0 Å². The van der Waals surface area contributed by atoms with E-state index in [2.05, 4.69) is 25.1 Å². The van der Waals surface area contributed by atoms with Crippen molar-refractivity contribution in [3.8, 4) is 11.5 Å². The molecule has 3 nitrogen and oxygen atoms in total. The molecule has 3 heteroatoms. The first kappa shape index (κ1) is 11.1. The van der Waals surface area contributed by atoms with Crippen LogP contribution in [-0.4, -0.2) is 19.0 Å². The summed E-state index contributed by atoms with van der Waals surface area (Å²) in [6.07, 6.45) is 5.62. The first-order valence-corrected chi connectivity index (χ1v) is 6.75. The predicted molar refractivity (Wildman–Crippen MR) is 71.5 cm³/mol. The summed E-state index contributed by atoms with van der Waals surface area (Å²) in [5.41, 5.74) is 2.10. The number of carbonyl (C=O) groups excluding carboxylic acids is 1. The van der Waals surface area contributed by atoms with Crippen LogP contribution >= 0.6 is 0 Å². The summed E-state index contributed by atoms with van der Waals surface area (Å²) in [6, 6.07) is 4.00. The highest BCUT2D eigenvalue weighted by molar-refractivity contribution is 5.90. The van der Waals surface area contributed by atoms with Crippen LogP contribution in [0.1, 0.15) is 30.9 Å². The molecule has 0 amide bonds. The van der Waals surface area contributed by atoms with Gasteiger partial charge in [-0.15, -0.1) is 0 Å². The Bertz CT molecular complexity index is 617. The van der Waals surface area contributed by atoms with Crippen molar-refractivity contribution in [1.29, 1.82) is 0 Å². The lowest BCUT2D eigenvalue weighted by molar-refractivity contribution is -0.127. The normalized spacial score (nSPS) is 33.9. The molecule has 98 valence electrons. The third-order valence-electron chi connectivity index (χ3n) is 4.96. The number of hydrogen-bond donors (Lipinski definition) is 0. The first-order chi connectivity index (χ1) is 9.16. The molecule has 0 radical (unpaired) electrons. The van der Waals surface area contributed by atoms with Crippen molar-refractivity contribution in [1.82, 2.24) is 0 Å². The quantitative estimate of drug-likeness (QED) is 0.775. The van der Waals surface area contributed by atoms with Crippen LogP contribution in [0.4, 0.5) is 0 Å². The smallest absolute Gasteiger partial charge is 0.166 e. The molecule has 2 aliphatic carbocycles. The number of allylic oxidation sites excluding steroid dienone is 1. The fourth-order valence-corrected chi connectivity index (χ4v) is 3.96. The van der Waals surface area contributed by atoms with Crippen molar-refractivity contribution in [3.05, 3.63) is 29.3 Å². The van der Waals surface area contributed by atoms with Crippen LogP contribution < -0.4 is 9.47 Å². The fraction of sp³-hybridized carbons (Fsp3) is 0.438. The Morgan fingerprint density at radius 3 is 3.05 bits per heavy atom. The molecule has 0 bridgehead atoms. The molecule has 0 aromatic heterocycles. The second kappa shape index (κ2) is 3.41. The number of benzene rings is 1. The molecule has 0 saturated heterocycles. The van der Waals surface area contributed by atoms with Gasteiger partial charge in [0.1, 0.15) is 11.9 Å². The minimum atomic E-state index is -0.219. The van der Waals surface area contributed by atoms with E-state index >= 15 is 0 Å². The highest BCUT2D eigenvalue weighted by atomic mass is 16.5. The molecule has 3 aliphatic rings. The van der Waals surface area contributed by atoms with Gasteiger partial charge in [0, 0.05) is 23.3 Å². The fourth-order valence-electron chi connectivity index (χ4n) is 3.96. The van der Waals surface area contributed by atoms with E-state index in [9.17, 15) is 4.79 Å². The number of rotatable bonds is 1. The van der Waals surface area contributed by atoms with Gasteiger partial charge in [0.15, 0.2) is 11.5 Å². The average Bonchev–Trinajstić information content (AvgIpc) is 2.72. The molecule has 0 spiro atoms. The van der Waals surface area contributed by atoms with Crippen molar-refractivity contribution < 1.29 is 14.3 Å². The number of ether oxygens (including phenoxy) is 2. The molecule has 1 heterocycles. The molecule has 0 N–H and O–H groups in total. The summed E-state index contributed by atoms with van der Waals surface area (Å²) in [5.74, 6) is 1.90. The third-order valence-corrected chi connectivity index (χ3v) is 4.96. The SMILES string of the molecule is COc1ccc2c3c1O[C@H]1CCC(=O)[C@@H](C=C2)[C@@]31C. The second-order valence-electron chi connectivity index (χ2n) is 5.79. The largest absolute Gasteiger partial charge is 0.493 e. The lowest BCUT2D eigenvalue weighted by Gasteiger charge is -2.41. The van der Waals surface area contributed by atoms with Gasteiger partial charge in [-0.1, -0.05) is 25.1 Å². The number of ketones is 1. The van der Waals surface area contributed by atoms with E-state index < -0.39 is 0 Å². The Balaban J connectivity index is 2.02. The standard InChI is InChI=1S/C16H16O3/c1-16-10-5-3-9-4-7-12(18-2)15(14(9)16)19-13(16)8-6-11(10)17/h3-5,7,10,13H,6,8H2,1-2H3/t10-,13+,16-/m1/s1. The molecule has 19 heavy (non-hydrogen) atoms. The van der Waals surface area contributed by atoms with Crippen molar-refractivity contribution in [2.75, 3.05) is 7.11 Å². The molecule has 1 aromatic rings. The van der Waals surface area contributed by atoms with E-state index in [0.717, 1.165) is 29.0 Å². The molecule has 0 unspecified atom stereocenters. The van der Waals surface area contributed by atoms with E-state index in [-0.39, 0.29) is 17.4 Å². The van der Waals surface area contributed by atoms with E-state index in [1.807, 2.05) is 6.07 Å². The number of carbonyl (C=O) groups is 1. The minimum Gasteiger partial charge on any atom is -0.493 e. The Labute approximate surface area is 112 Å². The minimum absolute atomic E-state index is 0.0490. The van der Waals surface area contributed by atoms with Gasteiger partial charge >= 0.3 is 0 Å². The van der Waals surface area contributed by atoms with Gasteiger partial charge in [-0.25, -0.2) is 0 Å². The zero-order valence-corrected chi connectivity index (χ0v) is 11.1. The predicted octanol–water partition coefficient (Wildman–Crippen LogP) is 2.72. The maximum absolute atomic E-state index is 12.2. The maximum Gasteiger partial charge on any atom is 0.166 e. The lowest BCUT2D eigenvalue weighted by atomic mass is 9.59. The van der Waals surface area contributed by atoms with Gasteiger partial charge < -0.3 is 9.47 Å². The van der Waals surface area contributed by atoms with Crippen LogP contribution in [0.15, 0.2) is 18.2 Å². The molecular weight excluding hydrogens is 240 g/mol. The van der Waals surface area contributed by atoms with E-state index in [4.69, 9.17) is 9.47 Å². The monoisotopic (exact) mass is 256 g/mol. The molecule has 1 aliphatic heterocycles. The van der Waals surface area contributed by atoms with Crippen molar-refractivity contribution in [2.45, 2.75) is 31.3 Å². The Morgan fingerprint density at radius 2 is 2.26 bits per heavy atom. The van der Waals surface area contributed by atoms with E-state index in [1.165, 1.54) is 0 Å². The molecule has 1 saturated carbocycles. The zero-order chi connectivity index (χ0) is 13.2. The number of methoxy groups -OCH3 is 1. The summed E-state index contributed by atoms with van der Waals surface area (Å²) < 4.78 is 11.6. The van der Waals surface area contributed by atoms with E-state index in [1.54, 1.807) is 7.11 Å². The molecule has 3 atom stereocenters. The highest BCUT2D eigenvalue weighted by Gasteiger charge is 2.57. The molecule has 4 rings (SSSR count).